The molecule has 2 heterocycles. The molecule has 1 unspecified atom stereocenters. The Hall–Kier alpha value is -1.89. The summed E-state index contributed by atoms with van der Waals surface area (Å²) in [5.74, 6) is 1.23. The van der Waals surface area contributed by atoms with Gasteiger partial charge in [0.2, 0.25) is 5.95 Å². The van der Waals surface area contributed by atoms with Crippen LogP contribution in [0.1, 0.15) is 12.8 Å². The van der Waals surface area contributed by atoms with Crippen LogP contribution in [0.15, 0.2) is 6.20 Å². The van der Waals surface area contributed by atoms with Gasteiger partial charge in [-0.3, -0.25) is 5.10 Å². The van der Waals surface area contributed by atoms with Crippen LogP contribution in [0.5, 0.6) is 0 Å². The van der Waals surface area contributed by atoms with Crippen molar-refractivity contribution in [2.24, 2.45) is 5.92 Å². The average Bonchev–Trinajstić information content (AvgIpc) is 3.05. The molecule has 0 aromatic carbocycles. The molecule has 1 aliphatic carbocycles. The number of nitrogen functional groups attached to an aromatic ring is 1. The summed E-state index contributed by atoms with van der Waals surface area (Å²) in [6, 6.07) is 0. The van der Waals surface area contributed by atoms with Gasteiger partial charge in [-0.1, -0.05) is 0 Å². The number of aromatic nitrogens is 4. The second-order valence-electron chi connectivity index (χ2n) is 4.35. The second-order valence-corrected chi connectivity index (χ2v) is 4.35. The fourth-order valence-corrected chi connectivity index (χ4v) is 1.84. The van der Waals surface area contributed by atoms with Crippen molar-refractivity contribution in [2.45, 2.75) is 18.9 Å². The lowest BCUT2D eigenvalue weighted by molar-refractivity contribution is 0.164. The van der Waals surface area contributed by atoms with Crippen LogP contribution in [0.25, 0.3) is 11.0 Å². The Balaban J connectivity index is 1.80. The molecule has 2 aromatic rings. The predicted octanol–water partition coefficient (Wildman–Crippen LogP) is 0.118. The Bertz CT molecular complexity index is 535. The maximum atomic E-state index is 9.78. The highest BCUT2D eigenvalue weighted by Gasteiger charge is 2.29. The highest BCUT2D eigenvalue weighted by atomic mass is 16.3. The van der Waals surface area contributed by atoms with Gasteiger partial charge in [0.25, 0.3) is 0 Å². The Morgan fingerprint density at radius 1 is 1.53 bits per heavy atom. The van der Waals surface area contributed by atoms with Crippen LogP contribution in [0.4, 0.5) is 11.8 Å². The van der Waals surface area contributed by atoms with E-state index in [4.69, 9.17) is 5.73 Å². The minimum atomic E-state index is -0.326. The fraction of sp³-hybridized carbons (Fsp3) is 0.500. The van der Waals surface area contributed by atoms with Gasteiger partial charge in [-0.2, -0.15) is 15.1 Å². The third-order valence-electron chi connectivity index (χ3n) is 2.97. The summed E-state index contributed by atoms with van der Waals surface area (Å²) in [6.07, 6.45) is 3.53. The van der Waals surface area contributed by atoms with E-state index in [1.54, 1.807) is 6.20 Å². The molecule has 17 heavy (non-hydrogen) atoms. The van der Waals surface area contributed by atoms with Crippen LogP contribution in [-0.2, 0) is 0 Å². The minimum absolute atomic E-state index is 0.185. The largest absolute Gasteiger partial charge is 0.391 e. The number of nitrogens with two attached hydrogens (primary N) is 1. The summed E-state index contributed by atoms with van der Waals surface area (Å²) in [4.78, 5) is 8.13. The molecule has 1 atom stereocenters. The number of hydrogen-bond acceptors (Lipinski definition) is 6. The van der Waals surface area contributed by atoms with E-state index in [2.05, 4.69) is 25.5 Å². The Morgan fingerprint density at radius 2 is 2.35 bits per heavy atom. The number of aliphatic hydroxyl groups is 1. The van der Waals surface area contributed by atoms with Crippen molar-refractivity contribution >= 4 is 22.8 Å². The first kappa shape index (κ1) is 10.3. The molecule has 7 nitrogen and oxygen atoms in total. The van der Waals surface area contributed by atoms with Gasteiger partial charge in [0.15, 0.2) is 5.65 Å². The summed E-state index contributed by atoms with van der Waals surface area (Å²) < 4.78 is 0. The standard InChI is InChI=1S/C10H14N6O/c11-10-14-8(6-3-13-16-9(6)15-10)12-4-7(17)5-1-2-5/h3,5,7,17H,1-2,4H2,(H4,11,12,13,14,15,16). The predicted molar refractivity (Wildman–Crippen MR) is 63.3 cm³/mol. The van der Waals surface area contributed by atoms with Crippen LogP contribution >= 0.6 is 0 Å². The number of aliphatic hydroxyl groups excluding tert-OH is 1. The van der Waals surface area contributed by atoms with Crippen molar-refractivity contribution in [3.8, 4) is 0 Å². The smallest absolute Gasteiger partial charge is 0.224 e. The lowest BCUT2D eigenvalue weighted by Gasteiger charge is -2.11. The molecule has 3 rings (SSSR count). The third-order valence-corrected chi connectivity index (χ3v) is 2.97. The zero-order chi connectivity index (χ0) is 11.8. The topological polar surface area (TPSA) is 113 Å². The monoisotopic (exact) mass is 234 g/mol. The Kier molecular flexibility index (Phi) is 2.32. The number of rotatable bonds is 4. The Labute approximate surface area is 97.5 Å². The number of anilines is 2. The van der Waals surface area contributed by atoms with E-state index in [-0.39, 0.29) is 12.1 Å². The van der Waals surface area contributed by atoms with E-state index in [0.717, 1.165) is 18.2 Å². The quantitative estimate of drug-likeness (QED) is 0.597. The zero-order valence-corrected chi connectivity index (χ0v) is 9.22. The van der Waals surface area contributed by atoms with Crippen molar-refractivity contribution in [1.82, 2.24) is 20.2 Å². The fourth-order valence-electron chi connectivity index (χ4n) is 1.84. The maximum Gasteiger partial charge on any atom is 0.224 e. The van der Waals surface area contributed by atoms with Gasteiger partial charge in [0.05, 0.1) is 17.7 Å². The first-order valence-electron chi connectivity index (χ1n) is 5.62. The number of hydrogen-bond donors (Lipinski definition) is 4. The molecule has 1 saturated carbocycles. The van der Waals surface area contributed by atoms with E-state index < -0.39 is 0 Å². The third kappa shape index (κ3) is 2.01. The first-order valence-corrected chi connectivity index (χ1v) is 5.62. The van der Waals surface area contributed by atoms with Gasteiger partial charge in [-0.25, -0.2) is 0 Å². The highest BCUT2D eigenvalue weighted by molar-refractivity contribution is 5.86. The van der Waals surface area contributed by atoms with Crippen molar-refractivity contribution < 1.29 is 5.11 Å². The number of nitrogens with one attached hydrogen (secondary N) is 2. The van der Waals surface area contributed by atoms with Gasteiger partial charge in [-0.15, -0.1) is 0 Å². The molecule has 0 saturated heterocycles. The van der Waals surface area contributed by atoms with E-state index >= 15 is 0 Å². The van der Waals surface area contributed by atoms with Crippen LogP contribution in [-0.4, -0.2) is 37.9 Å². The minimum Gasteiger partial charge on any atom is -0.391 e. The average molecular weight is 234 g/mol. The number of H-pyrrole nitrogens is 1. The highest BCUT2D eigenvalue weighted by Crippen LogP contribution is 2.32. The van der Waals surface area contributed by atoms with E-state index in [0.29, 0.717) is 23.9 Å². The number of fused-ring (bicyclic) bond motifs is 1. The molecule has 0 spiro atoms. The van der Waals surface area contributed by atoms with Crippen molar-refractivity contribution in [3.63, 3.8) is 0 Å². The van der Waals surface area contributed by atoms with Crippen molar-refractivity contribution in [3.05, 3.63) is 6.20 Å². The summed E-state index contributed by atoms with van der Waals surface area (Å²) in [6.45, 7) is 0.474. The first-order chi connectivity index (χ1) is 8.24. The lowest BCUT2D eigenvalue weighted by atomic mass is 10.2. The van der Waals surface area contributed by atoms with Crippen LogP contribution in [0.3, 0.4) is 0 Å². The molecule has 1 fully saturated rings. The van der Waals surface area contributed by atoms with Crippen molar-refractivity contribution in [1.29, 1.82) is 0 Å². The molecule has 0 radical (unpaired) electrons. The van der Waals surface area contributed by atoms with Crippen LogP contribution < -0.4 is 11.1 Å². The molecule has 0 bridgehead atoms. The Morgan fingerprint density at radius 3 is 3.12 bits per heavy atom. The van der Waals surface area contributed by atoms with E-state index in [9.17, 15) is 5.11 Å². The summed E-state index contributed by atoms with van der Waals surface area (Å²) in [5, 5.41) is 20.3. The number of aromatic amines is 1. The summed E-state index contributed by atoms with van der Waals surface area (Å²) in [5.41, 5.74) is 6.19. The van der Waals surface area contributed by atoms with Crippen LogP contribution in [0, 0.1) is 5.92 Å². The number of nitrogens with zero attached hydrogens (tertiary/aromatic N) is 3. The van der Waals surface area contributed by atoms with Crippen molar-refractivity contribution in [2.75, 3.05) is 17.6 Å². The van der Waals surface area contributed by atoms with Gasteiger partial charge < -0.3 is 16.2 Å². The molecule has 1 aliphatic rings. The summed E-state index contributed by atoms with van der Waals surface area (Å²) in [7, 11) is 0. The second kappa shape index (κ2) is 3.85. The molecule has 5 N–H and O–H groups in total. The molecular weight excluding hydrogens is 220 g/mol. The molecular formula is C10H14N6O. The van der Waals surface area contributed by atoms with E-state index in [1.165, 1.54) is 0 Å². The van der Waals surface area contributed by atoms with Gasteiger partial charge in [0, 0.05) is 6.54 Å². The van der Waals surface area contributed by atoms with Crippen LogP contribution in [0.2, 0.25) is 0 Å². The van der Waals surface area contributed by atoms with E-state index in [1.807, 2.05) is 0 Å². The normalized spacial score (nSPS) is 17.2. The lowest BCUT2D eigenvalue weighted by Crippen LogP contribution is -2.22. The molecule has 0 amide bonds. The van der Waals surface area contributed by atoms with Gasteiger partial charge in [0.1, 0.15) is 5.82 Å². The molecule has 0 aliphatic heterocycles. The molecule has 2 aromatic heterocycles. The molecule has 90 valence electrons. The molecule has 7 heteroatoms. The van der Waals surface area contributed by atoms with Gasteiger partial charge >= 0.3 is 0 Å². The maximum absolute atomic E-state index is 9.78. The zero-order valence-electron chi connectivity index (χ0n) is 9.22. The SMILES string of the molecule is Nc1nc(NCC(O)C2CC2)c2cn[nH]c2n1. The van der Waals surface area contributed by atoms with Gasteiger partial charge in [-0.05, 0) is 18.8 Å². The summed E-state index contributed by atoms with van der Waals surface area (Å²) >= 11 is 0.